The average molecular weight is 360 g/mol. The molecule has 0 N–H and O–H groups in total. The standard InChI is InChI=1S/C7H6ClF4IO2/c1-2-15-5(14)4(13)3-6(9,10)7(8,11)12/h3H,2H2,1H3/b4-3+. The maximum atomic E-state index is 12.6. The first-order chi connectivity index (χ1) is 6.62. The molecule has 0 spiro atoms. The molecule has 0 fully saturated rings. The molecule has 0 radical (unpaired) electrons. The van der Waals surface area contributed by atoms with Crippen LogP contribution in [0.25, 0.3) is 0 Å². The lowest BCUT2D eigenvalue weighted by molar-refractivity contribution is -0.138. The smallest absolute Gasteiger partial charge is 0.387 e. The van der Waals surface area contributed by atoms with Crippen molar-refractivity contribution in [2.45, 2.75) is 18.2 Å². The second-order valence-corrected chi connectivity index (χ2v) is 3.97. The molecule has 2 nitrogen and oxygen atoms in total. The summed E-state index contributed by atoms with van der Waals surface area (Å²) in [6, 6.07) is 0. The monoisotopic (exact) mass is 360 g/mol. The Balaban J connectivity index is 4.82. The zero-order valence-corrected chi connectivity index (χ0v) is 10.3. The van der Waals surface area contributed by atoms with Crippen LogP contribution in [-0.2, 0) is 9.53 Å². The van der Waals surface area contributed by atoms with Gasteiger partial charge in [-0.05, 0) is 41.1 Å². The molecule has 88 valence electrons. The highest BCUT2D eigenvalue weighted by molar-refractivity contribution is 14.1. The van der Waals surface area contributed by atoms with E-state index in [1.165, 1.54) is 29.5 Å². The van der Waals surface area contributed by atoms with E-state index in [4.69, 9.17) is 0 Å². The van der Waals surface area contributed by atoms with E-state index in [1.807, 2.05) is 0 Å². The number of alkyl halides is 5. The summed E-state index contributed by atoms with van der Waals surface area (Å²) < 4.78 is 53.1. The molecule has 0 saturated heterocycles. The molecule has 0 aliphatic heterocycles. The number of esters is 1. The first kappa shape index (κ1) is 14.9. The molecule has 8 heteroatoms. The molecule has 0 atom stereocenters. The van der Waals surface area contributed by atoms with Gasteiger partial charge in [0.25, 0.3) is 0 Å². The summed E-state index contributed by atoms with van der Waals surface area (Å²) in [7, 11) is 0. The molecule has 0 rings (SSSR count). The molecule has 0 unspecified atom stereocenters. The van der Waals surface area contributed by atoms with E-state index in [0.717, 1.165) is 0 Å². The minimum absolute atomic E-state index is 0.0397. The Morgan fingerprint density at radius 3 is 2.27 bits per heavy atom. The van der Waals surface area contributed by atoms with Gasteiger partial charge in [0, 0.05) is 6.08 Å². The molecule has 0 amide bonds. The van der Waals surface area contributed by atoms with Crippen LogP contribution in [0, 0.1) is 0 Å². The fourth-order valence-corrected chi connectivity index (χ4v) is 1.10. The van der Waals surface area contributed by atoms with Crippen LogP contribution in [0.1, 0.15) is 6.92 Å². The number of hydrogen-bond donors (Lipinski definition) is 0. The van der Waals surface area contributed by atoms with Crippen LogP contribution in [0.3, 0.4) is 0 Å². The van der Waals surface area contributed by atoms with Crippen molar-refractivity contribution in [2.24, 2.45) is 0 Å². The van der Waals surface area contributed by atoms with Crippen molar-refractivity contribution in [1.82, 2.24) is 0 Å². The number of ether oxygens (including phenoxy) is 1. The predicted molar refractivity (Wildman–Crippen MR) is 54.5 cm³/mol. The van der Waals surface area contributed by atoms with Crippen LogP contribution in [0.4, 0.5) is 17.6 Å². The lowest BCUT2D eigenvalue weighted by Gasteiger charge is -2.17. The Kier molecular flexibility index (Phi) is 5.31. The lowest BCUT2D eigenvalue weighted by Crippen LogP contribution is -2.33. The lowest BCUT2D eigenvalue weighted by atomic mass is 10.3. The number of carbonyl (C=O) groups is 1. The topological polar surface area (TPSA) is 26.3 Å². The zero-order chi connectivity index (χ0) is 12.3. The van der Waals surface area contributed by atoms with Gasteiger partial charge in [0.2, 0.25) is 0 Å². The fraction of sp³-hybridized carbons (Fsp3) is 0.571. The summed E-state index contributed by atoms with van der Waals surface area (Å²) in [5.41, 5.74) is 0. The minimum atomic E-state index is -4.74. The normalized spacial score (nSPS) is 13.9. The minimum Gasteiger partial charge on any atom is -0.462 e. The van der Waals surface area contributed by atoms with Crippen LogP contribution >= 0.6 is 34.2 Å². The fourth-order valence-electron chi connectivity index (χ4n) is 0.500. The summed E-state index contributed by atoms with van der Waals surface area (Å²) in [6.07, 6.45) is -0.224. The summed E-state index contributed by atoms with van der Waals surface area (Å²) in [4.78, 5) is 10.8. The van der Waals surface area contributed by atoms with Crippen LogP contribution in [0.5, 0.6) is 0 Å². The van der Waals surface area contributed by atoms with E-state index < -0.39 is 20.9 Å². The van der Waals surface area contributed by atoms with Crippen molar-refractivity contribution in [3.05, 3.63) is 9.66 Å². The number of carbonyl (C=O) groups excluding carboxylic acids is 1. The van der Waals surface area contributed by atoms with Gasteiger partial charge in [0.1, 0.15) is 3.58 Å². The molecular formula is C7H6ClF4IO2. The van der Waals surface area contributed by atoms with Gasteiger partial charge in [-0.1, -0.05) is 0 Å². The molecule has 0 aromatic carbocycles. The molecule has 0 aliphatic rings. The maximum Gasteiger partial charge on any atom is 0.387 e. The van der Waals surface area contributed by atoms with Crippen molar-refractivity contribution in [2.75, 3.05) is 6.61 Å². The summed E-state index contributed by atoms with van der Waals surface area (Å²) in [5, 5.41) is -4.74. The highest BCUT2D eigenvalue weighted by Crippen LogP contribution is 2.40. The number of allylic oxidation sites excluding steroid dienone is 1. The van der Waals surface area contributed by atoms with Crippen molar-refractivity contribution < 1.29 is 27.1 Å². The van der Waals surface area contributed by atoms with Crippen molar-refractivity contribution in [1.29, 1.82) is 0 Å². The average Bonchev–Trinajstić information content (AvgIpc) is 2.01. The van der Waals surface area contributed by atoms with Gasteiger partial charge in [0.15, 0.2) is 0 Å². The number of rotatable bonds is 4. The van der Waals surface area contributed by atoms with E-state index in [2.05, 4.69) is 16.3 Å². The van der Waals surface area contributed by atoms with Crippen molar-refractivity contribution >= 4 is 40.2 Å². The van der Waals surface area contributed by atoms with E-state index in [9.17, 15) is 22.4 Å². The highest BCUT2D eigenvalue weighted by atomic mass is 127. The molecule has 0 aromatic rings. The molecule has 15 heavy (non-hydrogen) atoms. The van der Waals surface area contributed by atoms with Crippen molar-refractivity contribution in [3.8, 4) is 0 Å². The van der Waals surface area contributed by atoms with E-state index >= 15 is 0 Å². The summed E-state index contributed by atoms with van der Waals surface area (Å²) >= 11 is 5.34. The van der Waals surface area contributed by atoms with Gasteiger partial charge in [0.05, 0.1) is 6.61 Å². The largest absolute Gasteiger partial charge is 0.462 e. The van der Waals surface area contributed by atoms with Crippen LogP contribution in [0.2, 0.25) is 0 Å². The first-order valence-corrected chi connectivity index (χ1v) is 5.07. The second kappa shape index (κ2) is 5.33. The third-order valence-corrected chi connectivity index (χ3v) is 2.16. The third kappa shape index (κ3) is 4.54. The predicted octanol–water partition coefficient (Wildman–Crippen LogP) is 3.34. The molecule has 0 heterocycles. The Labute approximate surface area is 102 Å². The Bertz CT molecular complexity index is 275. The quantitative estimate of drug-likeness (QED) is 0.253. The summed E-state index contributed by atoms with van der Waals surface area (Å²) in [5.74, 6) is -5.70. The third-order valence-electron chi connectivity index (χ3n) is 1.16. The van der Waals surface area contributed by atoms with Gasteiger partial charge in [-0.15, -0.1) is 0 Å². The summed E-state index contributed by atoms with van der Waals surface area (Å²) in [6.45, 7) is 1.41. The second-order valence-electron chi connectivity index (χ2n) is 2.33. The Hall–Kier alpha value is -0.0500. The van der Waals surface area contributed by atoms with E-state index in [1.54, 1.807) is 0 Å². The number of hydrogen-bond acceptors (Lipinski definition) is 2. The Morgan fingerprint density at radius 1 is 1.47 bits per heavy atom. The molecule has 0 bridgehead atoms. The SMILES string of the molecule is CCOC(=O)/C(I)=C\C(F)(F)C(F)(F)Cl. The van der Waals surface area contributed by atoms with Crippen molar-refractivity contribution in [3.63, 3.8) is 0 Å². The Morgan fingerprint density at radius 2 is 1.93 bits per heavy atom. The van der Waals surface area contributed by atoms with E-state index in [0.29, 0.717) is 0 Å². The molecule has 0 aliphatic carbocycles. The molecule has 0 aromatic heterocycles. The maximum absolute atomic E-state index is 12.6. The van der Waals surface area contributed by atoms with Gasteiger partial charge < -0.3 is 4.74 Å². The van der Waals surface area contributed by atoms with Crippen LogP contribution < -0.4 is 0 Å². The zero-order valence-electron chi connectivity index (χ0n) is 7.37. The van der Waals surface area contributed by atoms with Crippen LogP contribution in [-0.4, -0.2) is 23.9 Å². The van der Waals surface area contributed by atoms with Gasteiger partial charge in [-0.2, -0.15) is 17.6 Å². The van der Waals surface area contributed by atoms with Gasteiger partial charge >= 0.3 is 17.3 Å². The van der Waals surface area contributed by atoms with Gasteiger partial charge in [-0.25, -0.2) is 4.79 Å². The van der Waals surface area contributed by atoms with Gasteiger partial charge in [-0.3, -0.25) is 0 Å². The van der Waals surface area contributed by atoms with E-state index in [-0.39, 0.29) is 12.7 Å². The highest BCUT2D eigenvalue weighted by Gasteiger charge is 2.53. The first-order valence-electron chi connectivity index (χ1n) is 3.62. The molecular weight excluding hydrogens is 354 g/mol. The number of halogens is 6. The van der Waals surface area contributed by atoms with Crippen LogP contribution in [0.15, 0.2) is 9.66 Å². The molecule has 0 saturated carbocycles.